The standard InChI is InChI=1S/C20H15ClN4O2/c21-17-8-4-5-9-18(17)24-23-16-10-11-19(26)15(12-16)13-22-25-20(27)14-6-2-1-3-7-14/h1-13,26H,(H,25,27)/b22-13+,24-23?. The zero-order valence-corrected chi connectivity index (χ0v) is 14.8. The molecule has 2 N–H and O–H groups in total. The minimum Gasteiger partial charge on any atom is -0.507 e. The Morgan fingerprint density at radius 2 is 1.70 bits per heavy atom. The number of hydrogen-bond donors (Lipinski definition) is 2. The van der Waals surface area contributed by atoms with E-state index in [1.54, 1.807) is 54.6 Å². The molecule has 0 heterocycles. The zero-order valence-electron chi connectivity index (χ0n) is 14.1. The summed E-state index contributed by atoms with van der Waals surface area (Å²) in [5.74, 6) is -0.342. The molecule has 0 aliphatic heterocycles. The fourth-order valence-corrected chi connectivity index (χ4v) is 2.34. The lowest BCUT2D eigenvalue weighted by Crippen LogP contribution is -2.17. The highest BCUT2D eigenvalue weighted by Crippen LogP contribution is 2.27. The lowest BCUT2D eigenvalue weighted by molar-refractivity contribution is 0.0955. The van der Waals surface area contributed by atoms with Crippen LogP contribution in [-0.2, 0) is 0 Å². The molecule has 0 saturated heterocycles. The number of phenols is 1. The van der Waals surface area contributed by atoms with Gasteiger partial charge in [-0.1, -0.05) is 41.9 Å². The third kappa shape index (κ3) is 4.99. The van der Waals surface area contributed by atoms with Crippen LogP contribution in [0.5, 0.6) is 5.75 Å². The van der Waals surface area contributed by atoms with E-state index in [9.17, 15) is 9.90 Å². The van der Waals surface area contributed by atoms with E-state index in [-0.39, 0.29) is 11.7 Å². The van der Waals surface area contributed by atoms with Crippen LogP contribution in [0.25, 0.3) is 0 Å². The molecule has 6 nitrogen and oxygen atoms in total. The Kier molecular flexibility index (Phi) is 5.91. The quantitative estimate of drug-likeness (QED) is 0.362. The molecule has 0 radical (unpaired) electrons. The van der Waals surface area contributed by atoms with Gasteiger partial charge in [-0.15, -0.1) is 5.11 Å². The SMILES string of the molecule is O=C(N/N=C/c1cc(N=Nc2ccccc2Cl)ccc1O)c1ccccc1. The number of rotatable bonds is 5. The summed E-state index contributed by atoms with van der Waals surface area (Å²) in [7, 11) is 0. The minimum atomic E-state index is -0.346. The molecule has 1 amide bonds. The number of hydrogen-bond acceptors (Lipinski definition) is 5. The first kappa shape index (κ1) is 18.3. The Hall–Kier alpha value is -3.51. The summed E-state index contributed by atoms with van der Waals surface area (Å²) >= 11 is 6.04. The van der Waals surface area contributed by atoms with Crippen molar-refractivity contribution in [1.29, 1.82) is 0 Å². The predicted molar refractivity (Wildman–Crippen MR) is 105 cm³/mol. The predicted octanol–water partition coefficient (Wildman–Crippen LogP) is 5.22. The van der Waals surface area contributed by atoms with Gasteiger partial charge in [-0.3, -0.25) is 4.79 Å². The number of nitrogens with zero attached hydrogens (tertiary/aromatic N) is 3. The second kappa shape index (κ2) is 8.73. The molecular formula is C20H15ClN4O2. The van der Waals surface area contributed by atoms with E-state index < -0.39 is 0 Å². The number of phenolic OH excluding ortho intramolecular Hbond substituents is 1. The van der Waals surface area contributed by atoms with Gasteiger partial charge >= 0.3 is 0 Å². The molecular weight excluding hydrogens is 364 g/mol. The highest BCUT2D eigenvalue weighted by Gasteiger charge is 2.04. The van der Waals surface area contributed by atoms with Crippen LogP contribution in [0.1, 0.15) is 15.9 Å². The van der Waals surface area contributed by atoms with Crippen LogP contribution in [0, 0.1) is 0 Å². The molecule has 7 heteroatoms. The third-order valence-electron chi connectivity index (χ3n) is 3.54. The molecule has 3 rings (SSSR count). The Morgan fingerprint density at radius 3 is 2.48 bits per heavy atom. The molecule has 134 valence electrons. The Morgan fingerprint density at radius 1 is 0.963 bits per heavy atom. The minimum absolute atomic E-state index is 0.00408. The molecule has 27 heavy (non-hydrogen) atoms. The van der Waals surface area contributed by atoms with E-state index in [4.69, 9.17) is 11.6 Å². The maximum Gasteiger partial charge on any atom is 0.271 e. The topological polar surface area (TPSA) is 86.4 Å². The Balaban J connectivity index is 1.72. The highest BCUT2D eigenvalue weighted by atomic mass is 35.5. The van der Waals surface area contributed by atoms with Gasteiger partial charge in [0.25, 0.3) is 5.91 Å². The number of azo groups is 1. The largest absolute Gasteiger partial charge is 0.507 e. The van der Waals surface area contributed by atoms with Crippen LogP contribution in [0.2, 0.25) is 5.02 Å². The van der Waals surface area contributed by atoms with Crippen molar-refractivity contribution < 1.29 is 9.90 Å². The molecule has 0 unspecified atom stereocenters. The molecule has 3 aromatic carbocycles. The van der Waals surface area contributed by atoms with Crippen LogP contribution in [-0.4, -0.2) is 17.2 Å². The number of halogens is 1. The first-order valence-electron chi connectivity index (χ1n) is 8.01. The number of benzene rings is 3. The Bertz CT molecular complexity index is 1000. The van der Waals surface area contributed by atoms with Crippen LogP contribution < -0.4 is 5.43 Å². The maximum atomic E-state index is 11.9. The van der Waals surface area contributed by atoms with E-state index in [0.29, 0.717) is 27.5 Å². The van der Waals surface area contributed by atoms with Crippen molar-refractivity contribution in [2.24, 2.45) is 15.3 Å². The van der Waals surface area contributed by atoms with Crippen molar-refractivity contribution in [3.63, 3.8) is 0 Å². The van der Waals surface area contributed by atoms with Crippen molar-refractivity contribution in [2.45, 2.75) is 0 Å². The molecule has 0 aliphatic carbocycles. The van der Waals surface area contributed by atoms with E-state index >= 15 is 0 Å². The summed E-state index contributed by atoms with van der Waals surface area (Å²) in [6, 6.07) is 20.5. The van der Waals surface area contributed by atoms with Gasteiger partial charge in [0.05, 0.1) is 16.9 Å². The maximum absolute atomic E-state index is 11.9. The smallest absolute Gasteiger partial charge is 0.271 e. The number of aromatic hydroxyl groups is 1. The molecule has 0 atom stereocenters. The average Bonchev–Trinajstić information content (AvgIpc) is 2.70. The van der Waals surface area contributed by atoms with Gasteiger partial charge in [0.15, 0.2) is 0 Å². The van der Waals surface area contributed by atoms with Gasteiger partial charge in [0, 0.05) is 11.1 Å². The molecule has 0 spiro atoms. The van der Waals surface area contributed by atoms with Crippen molar-refractivity contribution in [1.82, 2.24) is 5.43 Å². The van der Waals surface area contributed by atoms with Crippen molar-refractivity contribution in [3.05, 3.63) is 88.9 Å². The van der Waals surface area contributed by atoms with Crippen LogP contribution >= 0.6 is 11.6 Å². The summed E-state index contributed by atoms with van der Waals surface area (Å²) in [5.41, 5.74) is 4.33. The molecule has 0 bridgehead atoms. The van der Waals surface area contributed by atoms with Crippen LogP contribution in [0.3, 0.4) is 0 Å². The third-order valence-corrected chi connectivity index (χ3v) is 3.86. The van der Waals surface area contributed by atoms with Gasteiger partial charge in [-0.2, -0.15) is 10.2 Å². The average molecular weight is 379 g/mol. The first-order chi connectivity index (χ1) is 13.1. The summed E-state index contributed by atoms with van der Waals surface area (Å²) in [6.07, 6.45) is 1.34. The molecule has 0 aromatic heterocycles. The zero-order chi connectivity index (χ0) is 19.1. The second-order valence-electron chi connectivity index (χ2n) is 5.46. The van der Waals surface area contributed by atoms with Crippen molar-refractivity contribution >= 4 is 35.1 Å². The van der Waals surface area contributed by atoms with E-state index in [2.05, 4.69) is 20.8 Å². The molecule has 3 aromatic rings. The van der Waals surface area contributed by atoms with Crippen LogP contribution in [0.15, 0.2) is 88.1 Å². The van der Waals surface area contributed by atoms with Gasteiger partial charge in [-0.05, 0) is 42.5 Å². The summed E-state index contributed by atoms with van der Waals surface area (Å²) in [6.45, 7) is 0. The van der Waals surface area contributed by atoms with Crippen molar-refractivity contribution in [2.75, 3.05) is 0 Å². The fraction of sp³-hybridized carbons (Fsp3) is 0. The lowest BCUT2D eigenvalue weighted by atomic mass is 10.2. The number of carbonyl (C=O) groups excluding carboxylic acids is 1. The van der Waals surface area contributed by atoms with Crippen molar-refractivity contribution in [3.8, 4) is 5.75 Å². The van der Waals surface area contributed by atoms with E-state index in [1.807, 2.05) is 12.1 Å². The number of nitrogens with one attached hydrogen (secondary N) is 1. The number of amides is 1. The monoisotopic (exact) mass is 378 g/mol. The molecule has 0 saturated carbocycles. The second-order valence-corrected chi connectivity index (χ2v) is 5.87. The lowest BCUT2D eigenvalue weighted by Gasteiger charge is -2.02. The molecule has 0 fully saturated rings. The van der Waals surface area contributed by atoms with Gasteiger partial charge < -0.3 is 5.11 Å². The Labute approximate surface area is 160 Å². The fourth-order valence-electron chi connectivity index (χ4n) is 2.17. The first-order valence-corrected chi connectivity index (χ1v) is 8.39. The number of carbonyl (C=O) groups is 1. The van der Waals surface area contributed by atoms with Gasteiger partial charge in [0.2, 0.25) is 0 Å². The van der Waals surface area contributed by atoms with E-state index in [0.717, 1.165) is 0 Å². The van der Waals surface area contributed by atoms with Crippen LogP contribution in [0.4, 0.5) is 11.4 Å². The molecule has 0 aliphatic rings. The summed E-state index contributed by atoms with van der Waals surface area (Å²) < 4.78 is 0. The summed E-state index contributed by atoms with van der Waals surface area (Å²) in [4.78, 5) is 11.9. The van der Waals surface area contributed by atoms with Gasteiger partial charge in [-0.25, -0.2) is 5.43 Å². The van der Waals surface area contributed by atoms with E-state index in [1.165, 1.54) is 12.3 Å². The van der Waals surface area contributed by atoms with Gasteiger partial charge in [0.1, 0.15) is 11.4 Å². The number of hydrazone groups is 1. The highest BCUT2D eigenvalue weighted by molar-refractivity contribution is 6.32. The normalized spacial score (nSPS) is 11.1. The summed E-state index contributed by atoms with van der Waals surface area (Å²) in [5, 5.41) is 22.5.